The molecule has 0 heterocycles. The van der Waals surface area contributed by atoms with Crippen LogP contribution in [0.3, 0.4) is 0 Å². The Hall–Kier alpha value is -0.730. The summed E-state index contributed by atoms with van der Waals surface area (Å²) in [5.41, 5.74) is 0. The Morgan fingerprint density at radius 1 is 1.43 bits per heavy atom. The number of aliphatic imine (C=N–C) groups is 1. The molecule has 1 rings (SSSR count). The average Bonchev–Trinajstić information content (AvgIpc) is 2.42. The summed E-state index contributed by atoms with van der Waals surface area (Å²) >= 11 is 5.88. The van der Waals surface area contributed by atoms with Gasteiger partial charge in [-0.15, -0.1) is 24.0 Å². The molecule has 1 aromatic carbocycles. The molecule has 0 bridgehead atoms. The average molecular weight is 428 g/mol. The fourth-order valence-electron chi connectivity index (χ4n) is 1.61. The third-order valence-corrected chi connectivity index (χ3v) is 2.72. The lowest BCUT2D eigenvalue weighted by Gasteiger charge is -2.17. The van der Waals surface area contributed by atoms with Gasteiger partial charge in [-0.1, -0.05) is 17.7 Å². The first-order valence-electron chi connectivity index (χ1n) is 6.50. The number of nitrogens with one attached hydrogen (secondary N) is 2. The van der Waals surface area contributed by atoms with E-state index in [9.17, 15) is 0 Å². The van der Waals surface area contributed by atoms with Crippen LogP contribution < -0.4 is 15.4 Å². The maximum absolute atomic E-state index is 5.88. The molecule has 0 aromatic heterocycles. The van der Waals surface area contributed by atoms with E-state index < -0.39 is 0 Å². The Bertz CT molecular complexity index is 432. The topological polar surface area (TPSA) is 54.9 Å². The lowest BCUT2D eigenvalue weighted by atomic mass is 10.3. The predicted octanol–water partition coefficient (Wildman–Crippen LogP) is 2.54. The monoisotopic (exact) mass is 427 g/mol. The number of ether oxygens (including phenoxy) is 2. The van der Waals surface area contributed by atoms with Gasteiger partial charge in [0.25, 0.3) is 0 Å². The molecule has 0 radical (unpaired) electrons. The summed E-state index contributed by atoms with van der Waals surface area (Å²) in [4.78, 5) is 4.13. The molecule has 5 nitrogen and oxygen atoms in total. The molecule has 0 fully saturated rings. The van der Waals surface area contributed by atoms with Crippen molar-refractivity contribution < 1.29 is 9.47 Å². The summed E-state index contributed by atoms with van der Waals surface area (Å²) in [7, 11) is 3.40. The largest absolute Gasteiger partial charge is 0.492 e. The highest BCUT2D eigenvalue weighted by atomic mass is 127. The van der Waals surface area contributed by atoms with Gasteiger partial charge in [0.15, 0.2) is 5.96 Å². The second kappa shape index (κ2) is 11.9. The van der Waals surface area contributed by atoms with Crippen LogP contribution in [0.4, 0.5) is 0 Å². The number of methoxy groups -OCH3 is 1. The Morgan fingerprint density at radius 2 is 2.19 bits per heavy atom. The molecule has 2 N–H and O–H groups in total. The van der Waals surface area contributed by atoms with Crippen LogP contribution in [-0.2, 0) is 4.74 Å². The first-order valence-corrected chi connectivity index (χ1v) is 6.88. The molecular formula is C14H23ClIN3O2. The summed E-state index contributed by atoms with van der Waals surface area (Å²) in [6.07, 6.45) is 0. The van der Waals surface area contributed by atoms with E-state index >= 15 is 0 Å². The number of hydrogen-bond acceptors (Lipinski definition) is 3. The van der Waals surface area contributed by atoms with Crippen molar-refractivity contribution in [1.82, 2.24) is 10.6 Å². The van der Waals surface area contributed by atoms with Crippen molar-refractivity contribution in [3.63, 3.8) is 0 Å². The molecule has 0 aliphatic rings. The molecule has 120 valence electrons. The van der Waals surface area contributed by atoms with Crippen LogP contribution in [0.1, 0.15) is 6.92 Å². The van der Waals surface area contributed by atoms with E-state index in [-0.39, 0.29) is 30.0 Å². The predicted molar refractivity (Wildman–Crippen MR) is 98.2 cm³/mol. The lowest BCUT2D eigenvalue weighted by molar-refractivity contribution is 0.179. The molecule has 0 saturated carbocycles. The zero-order valence-electron chi connectivity index (χ0n) is 12.6. The van der Waals surface area contributed by atoms with Gasteiger partial charge >= 0.3 is 0 Å². The normalized spacial score (nSPS) is 12.3. The van der Waals surface area contributed by atoms with E-state index in [1.807, 2.05) is 25.1 Å². The molecule has 1 aromatic rings. The van der Waals surface area contributed by atoms with Gasteiger partial charge in [-0.05, 0) is 25.1 Å². The van der Waals surface area contributed by atoms with Crippen molar-refractivity contribution in [2.45, 2.75) is 13.0 Å². The van der Waals surface area contributed by atoms with E-state index in [0.29, 0.717) is 24.8 Å². The van der Waals surface area contributed by atoms with Crippen LogP contribution in [0, 0.1) is 0 Å². The second-order valence-electron chi connectivity index (χ2n) is 4.31. The van der Waals surface area contributed by atoms with E-state index in [0.717, 1.165) is 11.7 Å². The zero-order chi connectivity index (χ0) is 14.8. The van der Waals surface area contributed by atoms with Crippen LogP contribution in [0.5, 0.6) is 5.75 Å². The molecule has 0 aliphatic heterocycles. The van der Waals surface area contributed by atoms with Gasteiger partial charge in [0.05, 0.1) is 13.2 Å². The highest BCUT2D eigenvalue weighted by molar-refractivity contribution is 14.0. The highest BCUT2D eigenvalue weighted by Gasteiger charge is 2.04. The number of halogens is 2. The van der Waals surface area contributed by atoms with Gasteiger partial charge in [-0.25, -0.2) is 0 Å². The van der Waals surface area contributed by atoms with Crippen LogP contribution in [-0.4, -0.2) is 45.9 Å². The molecule has 21 heavy (non-hydrogen) atoms. The van der Waals surface area contributed by atoms with Gasteiger partial charge in [-0.2, -0.15) is 0 Å². The lowest BCUT2D eigenvalue weighted by Crippen LogP contribution is -2.45. The molecule has 7 heteroatoms. The zero-order valence-corrected chi connectivity index (χ0v) is 15.6. The molecule has 0 spiro atoms. The maximum atomic E-state index is 5.88. The minimum Gasteiger partial charge on any atom is -0.492 e. The number of guanidine groups is 1. The van der Waals surface area contributed by atoms with Gasteiger partial charge < -0.3 is 20.1 Å². The van der Waals surface area contributed by atoms with E-state index in [1.165, 1.54) is 0 Å². The van der Waals surface area contributed by atoms with Crippen molar-refractivity contribution in [2.24, 2.45) is 4.99 Å². The second-order valence-corrected chi connectivity index (χ2v) is 4.74. The van der Waals surface area contributed by atoms with Crippen LogP contribution in [0.25, 0.3) is 0 Å². The third-order valence-electron chi connectivity index (χ3n) is 2.48. The third kappa shape index (κ3) is 9.00. The van der Waals surface area contributed by atoms with Crippen molar-refractivity contribution in [3.8, 4) is 5.75 Å². The minimum absolute atomic E-state index is 0. The highest BCUT2D eigenvalue weighted by Crippen LogP contribution is 2.16. The smallest absolute Gasteiger partial charge is 0.191 e. The summed E-state index contributed by atoms with van der Waals surface area (Å²) in [5, 5.41) is 7.05. The molecule has 1 unspecified atom stereocenters. The number of rotatable bonds is 7. The number of benzene rings is 1. The molecule has 0 aliphatic carbocycles. The Labute approximate surface area is 148 Å². The van der Waals surface area contributed by atoms with Crippen LogP contribution in [0.15, 0.2) is 29.3 Å². The van der Waals surface area contributed by atoms with Gasteiger partial charge in [0.1, 0.15) is 12.4 Å². The van der Waals surface area contributed by atoms with E-state index in [2.05, 4.69) is 15.6 Å². The molecule has 0 saturated heterocycles. The van der Waals surface area contributed by atoms with Crippen molar-refractivity contribution in [1.29, 1.82) is 0 Å². The standard InChI is InChI=1S/C14H22ClN3O2.HI/c1-11(10-19-3)18-14(16-2)17-7-8-20-13-6-4-5-12(15)9-13;/h4-6,9,11H,7-8,10H2,1-3H3,(H2,16,17,18);1H. The van der Waals surface area contributed by atoms with Gasteiger partial charge in [0, 0.05) is 25.2 Å². The number of hydrogen-bond donors (Lipinski definition) is 2. The van der Waals surface area contributed by atoms with Gasteiger partial charge in [-0.3, -0.25) is 4.99 Å². The summed E-state index contributed by atoms with van der Waals surface area (Å²) in [6.45, 7) is 3.82. The fourth-order valence-corrected chi connectivity index (χ4v) is 1.80. The fraction of sp³-hybridized carbons (Fsp3) is 0.500. The van der Waals surface area contributed by atoms with Gasteiger partial charge in [0.2, 0.25) is 0 Å². The van der Waals surface area contributed by atoms with Crippen molar-refractivity contribution >= 4 is 41.5 Å². The van der Waals surface area contributed by atoms with Crippen LogP contribution >= 0.6 is 35.6 Å². The van der Waals surface area contributed by atoms with Crippen molar-refractivity contribution in [3.05, 3.63) is 29.3 Å². The Kier molecular flexibility index (Phi) is 11.5. The van der Waals surface area contributed by atoms with E-state index in [1.54, 1.807) is 20.2 Å². The molecule has 0 amide bonds. The van der Waals surface area contributed by atoms with Crippen LogP contribution in [0.2, 0.25) is 5.02 Å². The van der Waals surface area contributed by atoms with Crippen molar-refractivity contribution in [2.75, 3.05) is 33.9 Å². The quantitative estimate of drug-likeness (QED) is 0.304. The Balaban J connectivity index is 0.00000400. The summed E-state index contributed by atoms with van der Waals surface area (Å²) in [6, 6.07) is 7.53. The first-order chi connectivity index (χ1) is 9.65. The minimum atomic E-state index is 0. The Morgan fingerprint density at radius 3 is 2.81 bits per heavy atom. The molecule has 1 atom stereocenters. The van der Waals surface area contributed by atoms with E-state index in [4.69, 9.17) is 21.1 Å². The molecular weight excluding hydrogens is 405 g/mol. The maximum Gasteiger partial charge on any atom is 0.191 e. The SMILES string of the molecule is CN=C(NCCOc1cccc(Cl)c1)NC(C)COC.I. The number of nitrogens with zero attached hydrogens (tertiary/aromatic N) is 1. The first kappa shape index (κ1) is 20.3. The summed E-state index contributed by atoms with van der Waals surface area (Å²) in [5.74, 6) is 1.49. The summed E-state index contributed by atoms with van der Waals surface area (Å²) < 4.78 is 10.6.